The summed E-state index contributed by atoms with van der Waals surface area (Å²) in [5, 5.41) is 3.06. The maximum absolute atomic E-state index is 12.2. The Morgan fingerprint density at radius 3 is 2.50 bits per heavy atom. The van der Waals surface area contributed by atoms with Gasteiger partial charge >= 0.3 is 5.97 Å². The van der Waals surface area contributed by atoms with Crippen molar-refractivity contribution in [1.29, 1.82) is 0 Å². The molecule has 0 saturated carbocycles. The zero-order valence-corrected chi connectivity index (χ0v) is 14.2. The molecule has 2 aromatic heterocycles. The number of amides is 2. The van der Waals surface area contributed by atoms with Crippen LogP contribution in [0.3, 0.4) is 0 Å². The molecule has 0 atom stereocenters. The molecule has 130 valence electrons. The lowest BCUT2D eigenvalue weighted by atomic mass is 10.1. The molecular formula is C18H12N2O5S. The maximum atomic E-state index is 12.2. The Bertz CT molecular complexity index is 958. The van der Waals surface area contributed by atoms with Gasteiger partial charge in [0.15, 0.2) is 10.8 Å². The molecule has 3 heterocycles. The lowest BCUT2D eigenvalue weighted by Gasteiger charge is -2.12. The summed E-state index contributed by atoms with van der Waals surface area (Å²) in [6.45, 7) is 0. The van der Waals surface area contributed by atoms with Gasteiger partial charge in [0.25, 0.3) is 11.8 Å². The highest BCUT2D eigenvalue weighted by Crippen LogP contribution is 2.25. The summed E-state index contributed by atoms with van der Waals surface area (Å²) in [4.78, 5) is 45.7. The average molecular weight is 368 g/mol. The summed E-state index contributed by atoms with van der Waals surface area (Å²) in [7, 11) is 0. The predicted octanol–water partition coefficient (Wildman–Crippen LogP) is 3.09. The van der Waals surface area contributed by atoms with Crippen LogP contribution in [-0.2, 0) is 16.1 Å². The van der Waals surface area contributed by atoms with E-state index in [-0.39, 0.29) is 17.5 Å². The molecular weight excluding hydrogens is 356 g/mol. The Morgan fingerprint density at radius 1 is 1.12 bits per heavy atom. The number of rotatable bonds is 5. The van der Waals surface area contributed by atoms with E-state index in [0.717, 1.165) is 5.01 Å². The van der Waals surface area contributed by atoms with Crippen molar-refractivity contribution in [1.82, 2.24) is 10.0 Å². The molecule has 1 aliphatic rings. The smallest absolute Gasteiger partial charge is 0.333 e. The minimum atomic E-state index is -0.674. The second-order valence-corrected chi connectivity index (χ2v) is 6.39. The Hall–Kier alpha value is -3.26. The van der Waals surface area contributed by atoms with Crippen LogP contribution in [-0.4, -0.2) is 27.8 Å². The Morgan fingerprint density at radius 2 is 1.85 bits per heavy atom. The molecule has 0 fully saturated rings. The number of furan rings is 1. The monoisotopic (exact) mass is 368 g/mol. The number of hydrogen-bond donors (Lipinski definition) is 0. The third kappa shape index (κ3) is 2.91. The van der Waals surface area contributed by atoms with E-state index in [9.17, 15) is 14.4 Å². The average Bonchev–Trinajstić information content (AvgIpc) is 3.38. The zero-order chi connectivity index (χ0) is 18.1. The van der Waals surface area contributed by atoms with Crippen LogP contribution in [0.4, 0.5) is 0 Å². The fourth-order valence-electron chi connectivity index (χ4n) is 2.56. The maximum Gasteiger partial charge on any atom is 0.333 e. The summed E-state index contributed by atoms with van der Waals surface area (Å²) < 4.78 is 5.28. The largest absolute Gasteiger partial charge is 0.462 e. The Balaban J connectivity index is 1.37. The minimum Gasteiger partial charge on any atom is -0.462 e. The first-order chi connectivity index (χ1) is 12.6. The molecule has 7 nitrogen and oxygen atoms in total. The third-order valence-electron chi connectivity index (χ3n) is 3.82. The Labute approximate surface area is 151 Å². The van der Waals surface area contributed by atoms with Gasteiger partial charge in [-0.2, -0.15) is 0 Å². The van der Waals surface area contributed by atoms with E-state index in [2.05, 4.69) is 4.98 Å². The number of aromatic nitrogens is 1. The summed E-state index contributed by atoms with van der Waals surface area (Å²) >= 11 is 1.41. The van der Waals surface area contributed by atoms with Crippen LogP contribution in [0.25, 0.3) is 10.8 Å². The molecule has 8 heteroatoms. The number of carbonyl (C=O) groups is 3. The molecule has 0 unspecified atom stereocenters. The SMILES string of the molecule is O=C(CCc1csc(-c2ccco2)n1)ON1C(=O)c2ccccc2C1=O. The number of aryl methyl sites for hydroxylation is 1. The summed E-state index contributed by atoms with van der Waals surface area (Å²) in [5.41, 5.74) is 1.17. The van der Waals surface area contributed by atoms with Gasteiger partial charge in [0.1, 0.15) is 0 Å². The van der Waals surface area contributed by atoms with Crippen LogP contribution in [0.1, 0.15) is 32.8 Å². The van der Waals surface area contributed by atoms with Gasteiger partial charge in [0, 0.05) is 11.8 Å². The van der Waals surface area contributed by atoms with Gasteiger partial charge in [0.05, 0.1) is 29.5 Å². The van der Waals surface area contributed by atoms with Crippen LogP contribution >= 0.6 is 11.3 Å². The number of benzene rings is 1. The quantitative estimate of drug-likeness (QED) is 0.643. The van der Waals surface area contributed by atoms with Crippen LogP contribution < -0.4 is 0 Å². The van der Waals surface area contributed by atoms with Crippen molar-refractivity contribution >= 4 is 29.1 Å². The number of thiazole rings is 1. The van der Waals surface area contributed by atoms with E-state index in [1.165, 1.54) is 23.5 Å². The first-order valence-corrected chi connectivity index (χ1v) is 8.68. The molecule has 0 saturated heterocycles. The van der Waals surface area contributed by atoms with Crippen molar-refractivity contribution in [3.8, 4) is 10.8 Å². The van der Waals surface area contributed by atoms with Crippen molar-refractivity contribution in [3.63, 3.8) is 0 Å². The van der Waals surface area contributed by atoms with E-state index < -0.39 is 17.8 Å². The first kappa shape index (κ1) is 16.2. The highest BCUT2D eigenvalue weighted by molar-refractivity contribution is 7.13. The molecule has 0 aliphatic carbocycles. The van der Waals surface area contributed by atoms with Gasteiger partial charge < -0.3 is 9.25 Å². The summed E-state index contributed by atoms with van der Waals surface area (Å²) in [5.74, 6) is -1.28. The molecule has 1 aromatic carbocycles. The van der Waals surface area contributed by atoms with Gasteiger partial charge in [-0.1, -0.05) is 17.2 Å². The highest BCUT2D eigenvalue weighted by Gasteiger charge is 2.38. The van der Waals surface area contributed by atoms with Gasteiger partial charge in [-0.3, -0.25) is 9.59 Å². The van der Waals surface area contributed by atoms with E-state index >= 15 is 0 Å². The number of hydroxylamine groups is 2. The van der Waals surface area contributed by atoms with E-state index in [0.29, 0.717) is 22.9 Å². The van der Waals surface area contributed by atoms with Crippen molar-refractivity contribution in [3.05, 3.63) is 64.9 Å². The third-order valence-corrected chi connectivity index (χ3v) is 4.72. The molecule has 0 radical (unpaired) electrons. The standard InChI is InChI=1S/C18H12N2O5S/c21-15(8-7-11-10-26-16(19-11)14-6-3-9-24-14)25-20-17(22)12-4-1-2-5-13(12)18(20)23/h1-6,9-10H,7-8H2. The number of fused-ring (bicyclic) bond motifs is 1. The van der Waals surface area contributed by atoms with Crippen molar-refractivity contribution in [2.24, 2.45) is 0 Å². The van der Waals surface area contributed by atoms with Crippen molar-refractivity contribution in [2.45, 2.75) is 12.8 Å². The predicted molar refractivity (Wildman–Crippen MR) is 91.2 cm³/mol. The van der Waals surface area contributed by atoms with E-state index in [1.54, 1.807) is 30.5 Å². The molecule has 1 aliphatic heterocycles. The normalized spacial score (nSPS) is 13.2. The van der Waals surface area contributed by atoms with Crippen LogP contribution in [0.5, 0.6) is 0 Å². The van der Waals surface area contributed by atoms with E-state index in [4.69, 9.17) is 9.25 Å². The molecule has 26 heavy (non-hydrogen) atoms. The lowest BCUT2D eigenvalue weighted by Crippen LogP contribution is -2.32. The van der Waals surface area contributed by atoms with Crippen LogP contribution in [0, 0.1) is 0 Å². The topological polar surface area (TPSA) is 89.7 Å². The molecule has 0 N–H and O–H groups in total. The molecule has 2 amide bonds. The minimum absolute atomic E-state index is 0.00522. The molecule has 0 spiro atoms. The van der Waals surface area contributed by atoms with Crippen molar-refractivity contribution in [2.75, 3.05) is 0 Å². The fourth-order valence-corrected chi connectivity index (χ4v) is 3.38. The Kier molecular flexibility index (Phi) is 4.10. The lowest BCUT2D eigenvalue weighted by molar-refractivity contribution is -0.168. The van der Waals surface area contributed by atoms with Crippen LogP contribution in [0.2, 0.25) is 0 Å². The number of carbonyl (C=O) groups excluding carboxylic acids is 3. The fraction of sp³-hybridized carbons (Fsp3) is 0.111. The number of imide groups is 1. The zero-order valence-electron chi connectivity index (χ0n) is 13.4. The highest BCUT2D eigenvalue weighted by atomic mass is 32.1. The number of hydrogen-bond acceptors (Lipinski definition) is 7. The van der Waals surface area contributed by atoms with Gasteiger partial charge in [-0.05, 0) is 24.3 Å². The van der Waals surface area contributed by atoms with E-state index in [1.807, 2.05) is 5.38 Å². The summed E-state index contributed by atoms with van der Waals surface area (Å²) in [6, 6.07) is 9.92. The molecule has 4 rings (SSSR count). The van der Waals surface area contributed by atoms with Gasteiger partial charge in [0.2, 0.25) is 0 Å². The summed E-state index contributed by atoms with van der Waals surface area (Å²) in [6.07, 6.45) is 1.89. The first-order valence-electron chi connectivity index (χ1n) is 7.80. The van der Waals surface area contributed by atoms with Gasteiger partial charge in [-0.25, -0.2) is 9.78 Å². The second kappa shape index (κ2) is 6.57. The van der Waals surface area contributed by atoms with Crippen molar-refractivity contribution < 1.29 is 23.6 Å². The second-order valence-electron chi connectivity index (χ2n) is 5.53. The molecule has 0 bridgehead atoms. The number of nitrogens with zero attached hydrogens (tertiary/aromatic N) is 2. The van der Waals surface area contributed by atoms with Crippen LogP contribution in [0.15, 0.2) is 52.5 Å². The molecule has 3 aromatic rings. The van der Waals surface area contributed by atoms with Gasteiger partial charge in [-0.15, -0.1) is 11.3 Å².